The molecule has 0 radical (unpaired) electrons. The smallest absolute Gasteiger partial charge is 0.211 e. The van der Waals surface area contributed by atoms with E-state index in [9.17, 15) is 0 Å². The van der Waals surface area contributed by atoms with Gasteiger partial charge >= 0.3 is 0 Å². The minimum absolute atomic E-state index is 0.932. The van der Waals surface area contributed by atoms with Crippen LogP contribution < -0.4 is 5.32 Å². The van der Waals surface area contributed by atoms with E-state index in [1.807, 2.05) is 36.1 Å². The normalized spacial score (nSPS) is 11.2. The summed E-state index contributed by atoms with van der Waals surface area (Å²) < 4.78 is 3.07. The van der Waals surface area contributed by atoms with E-state index in [0.29, 0.717) is 0 Å². The first-order valence-electron chi connectivity index (χ1n) is 6.41. The molecule has 2 aromatic heterocycles. The molecular weight excluding hydrogens is 256 g/mol. The van der Waals surface area contributed by atoms with Crippen molar-refractivity contribution in [1.82, 2.24) is 20.1 Å². The zero-order valence-electron chi connectivity index (χ0n) is 10.8. The fourth-order valence-electron chi connectivity index (χ4n) is 2.02. The Balaban J connectivity index is 1.81. The van der Waals surface area contributed by atoms with Crippen molar-refractivity contribution in [2.75, 3.05) is 13.6 Å². The second-order valence-electron chi connectivity index (χ2n) is 4.46. The number of thiazole rings is 1. The quantitative estimate of drug-likeness (QED) is 0.726. The predicted octanol–water partition coefficient (Wildman–Crippen LogP) is 2.63. The molecule has 0 bridgehead atoms. The van der Waals surface area contributed by atoms with Gasteiger partial charge in [0.05, 0.1) is 16.4 Å². The van der Waals surface area contributed by atoms with Gasteiger partial charge in [-0.25, -0.2) is 9.67 Å². The third-order valence-electron chi connectivity index (χ3n) is 3.01. The van der Waals surface area contributed by atoms with E-state index in [1.165, 1.54) is 10.3 Å². The molecule has 0 spiro atoms. The number of hydrogen-bond acceptors (Lipinski definition) is 4. The maximum atomic E-state index is 4.60. The number of aromatic nitrogens is 3. The van der Waals surface area contributed by atoms with Crippen molar-refractivity contribution >= 4 is 21.6 Å². The highest BCUT2D eigenvalue weighted by atomic mass is 32.1. The van der Waals surface area contributed by atoms with Crippen molar-refractivity contribution in [3.05, 3.63) is 42.2 Å². The average Bonchev–Trinajstić information content (AvgIpc) is 3.04. The van der Waals surface area contributed by atoms with Crippen LogP contribution in [0.4, 0.5) is 0 Å². The maximum Gasteiger partial charge on any atom is 0.211 e. The zero-order chi connectivity index (χ0) is 13.1. The van der Waals surface area contributed by atoms with E-state index in [2.05, 4.69) is 27.7 Å². The molecule has 1 aromatic carbocycles. The zero-order valence-corrected chi connectivity index (χ0v) is 11.7. The van der Waals surface area contributed by atoms with Crippen LogP contribution in [0.3, 0.4) is 0 Å². The Hall–Kier alpha value is -1.72. The number of rotatable bonds is 5. The summed E-state index contributed by atoms with van der Waals surface area (Å²) in [6, 6.07) is 8.18. The number of nitrogens with one attached hydrogen (secondary N) is 1. The molecule has 0 unspecified atom stereocenters. The van der Waals surface area contributed by atoms with E-state index in [0.717, 1.165) is 30.0 Å². The van der Waals surface area contributed by atoms with Gasteiger partial charge in [0, 0.05) is 6.20 Å². The Morgan fingerprint density at radius 3 is 3.05 bits per heavy atom. The molecule has 5 heteroatoms. The molecule has 0 amide bonds. The number of nitrogens with zero attached hydrogens (tertiary/aromatic N) is 3. The molecule has 3 rings (SSSR count). The summed E-state index contributed by atoms with van der Waals surface area (Å²) >= 11 is 1.67. The second kappa shape index (κ2) is 5.50. The van der Waals surface area contributed by atoms with Crippen molar-refractivity contribution in [1.29, 1.82) is 0 Å². The SMILES string of the molecule is CNCCCc1cnn(-c2nc3ccccc3s2)c1. The summed E-state index contributed by atoms with van der Waals surface area (Å²) in [7, 11) is 1.98. The molecule has 0 fully saturated rings. The molecule has 0 aliphatic rings. The van der Waals surface area contributed by atoms with Crippen LogP contribution in [0.1, 0.15) is 12.0 Å². The number of fused-ring (bicyclic) bond motifs is 1. The highest BCUT2D eigenvalue weighted by molar-refractivity contribution is 7.20. The molecule has 0 saturated carbocycles. The van der Waals surface area contributed by atoms with Gasteiger partial charge < -0.3 is 5.32 Å². The van der Waals surface area contributed by atoms with Gasteiger partial charge in [-0.2, -0.15) is 5.10 Å². The van der Waals surface area contributed by atoms with Crippen LogP contribution in [-0.2, 0) is 6.42 Å². The first-order valence-corrected chi connectivity index (χ1v) is 7.22. The highest BCUT2D eigenvalue weighted by Crippen LogP contribution is 2.24. The lowest BCUT2D eigenvalue weighted by Crippen LogP contribution is -2.08. The molecule has 2 heterocycles. The van der Waals surface area contributed by atoms with Gasteiger partial charge in [-0.1, -0.05) is 23.5 Å². The molecule has 19 heavy (non-hydrogen) atoms. The fraction of sp³-hybridized carbons (Fsp3) is 0.286. The van der Waals surface area contributed by atoms with Crippen LogP contribution in [0, 0.1) is 0 Å². The molecule has 98 valence electrons. The van der Waals surface area contributed by atoms with Crippen LogP contribution in [0.15, 0.2) is 36.7 Å². The Kier molecular flexibility index (Phi) is 3.57. The molecule has 0 atom stereocenters. The lowest BCUT2D eigenvalue weighted by atomic mass is 10.2. The van der Waals surface area contributed by atoms with Crippen LogP contribution in [0.5, 0.6) is 0 Å². The third kappa shape index (κ3) is 2.67. The first kappa shape index (κ1) is 12.3. The highest BCUT2D eigenvalue weighted by Gasteiger charge is 2.06. The molecule has 1 N–H and O–H groups in total. The standard InChI is InChI=1S/C14H16N4S/c1-15-8-4-5-11-9-16-18(10-11)14-17-12-6-2-3-7-13(12)19-14/h2-3,6-7,9-10,15H,4-5,8H2,1H3. The molecule has 0 aliphatic carbocycles. The van der Waals surface area contributed by atoms with E-state index in [1.54, 1.807) is 11.3 Å². The Morgan fingerprint density at radius 1 is 1.32 bits per heavy atom. The topological polar surface area (TPSA) is 42.7 Å². The van der Waals surface area contributed by atoms with Crippen molar-refractivity contribution in [2.24, 2.45) is 0 Å². The van der Waals surface area contributed by atoms with Gasteiger partial charge in [-0.05, 0) is 44.1 Å². The number of benzene rings is 1. The largest absolute Gasteiger partial charge is 0.320 e. The number of hydrogen-bond donors (Lipinski definition) is 1. The van der Waals surface area contributed by atoms with Crippen molar-refractivity contribution in [2.45, 2.75) is 12.8 Å². The third-order valence-corrected chi connectivity index (χ3v) is 4.03. The van der Waals surface area contributed by atoms with Gasteiger partial charge in [0.15, 0.2) is 0 Å². The molecule has 4 nitrogen and oxygen atoms in total. The molecular formula is C14H16N4S. The second-order valence-corrected chi connectivity index (χ2v) is 5.47. The number of aryl methyl sites for hydroxylation is 1. The maximum absolute atomic E-state index is 4.60. The van der Waals surface area contributed by atoms with Crippen molar-refractivity contribution < 1.29 is 0 Å². The van der Waals surface area contributed by atoms with Gasteiger partial charge in [-0.3, -0.25) is 0 Å². The number of para-hydroxylation sites is 1. The molecule has 3 aromatic rings. The molecule has 0 aliphatic heterocycles. The van der Waals surface area contributed by atoms with Gasteiger partial charge in [0.25, 0.3) is 0 Å². The van der Waals surface area contributed by atoms with Crippen molar-refractivity contribution in [3.8, 4) is 5.13 Å². The minimum Gasteiger partial charge on any atom is -0.320 e. The van der Waals surface area contributed by atoms with Crippen molar-refractivity contribution in [3.63, 3.8) is 0 Å². The van der Waals surface area contributed by atoms with Crippen LogP contribution in [-0.4, -0.2) is 28.4 Å². The van der Waals surface area contributed by atoms with Gasteiger partial charge in [0.2, 0.25) is 5.13 Å². The summed E-state index contributed by atoms with van der Waals surface area (Å²) in [6.07, 6.45) is 6.18. The van der Waals surface area contributed by atoms with E-state index >= 15 is 0 Å². The van der Waals surface area contributed by atoms with E-state index in [-0.39, 0.29) is 0 Å². The monoisotopic (exact) mass is 272 g/mol. The summed E-state index contributed by atoms with van der Waals surface area (Å²) in [5.41, 5.74) is 2.30. The van der Waals surface area contributed by atoms with Gasteiger partial charge in [0.1, 0.15) is 0 Å². The van der Waals surface area contributed by atoms with Gasteiger partial charge in [-0.15, -0.1) is 0 Å². The Bertz CT molecular complexity index is 638. The Labute approximate surface area is 116 Å². The predicted molar refractivity (Wildman–Crippen MR) is 79.0 cm³/mol. The fourth-order valence-corrected chi connectivity index (χ4v) is 2.92. The summed E-state index contributed by atoms with van der Waals surface area (Å²) in [4.78, 5) is 4.60. The minimum atomic E-state index is 0.932. The Morgan fingerprint density at radius 2 is 2.21 bits per heavy atom. The van der Waals surface area contributed by atoms with E-state index < -0.39 is 0 Å². The van der Waals surface area contributed by atoms with Crippen LogP contribution in [0.2, 0.25) is 0 Å². The summed E-state index contributed by atoms with van der Waals surface area (Å²) in [6.45, 7) is 1.03. The van der Waals surface area contributed by atoms with E-state index in [4.69, 9.17) is 0 Å². The average molecular weight is 272 g/mol. The van der Waals surface area contributed by atoms with Crippen LogP contribution in [0.25, 0.3) is 15.3 Å². The summed E-state index contributed by atoms with van der Waals surface area (Å²) in [5.74, 6) is 0. The lowest BCUT2D eigenvalue weighted by Gasteiger charge is -1.96. The van der Waals surface area contributed by atoms with Crippen LogP contribution >= 0.6 is 11.3 Å². The summed E-state index contributed by atoms with van der Waals surface area (Å²) in [5, 5.41) is 8.49. The first-order chi connectivity index (χ1) is 9.36. The molecule has 0 saturated heterocycles. The lowest BCUT2D eigenvalue weighted by molar-refractivity contribution is 0.724.